The number of rotatable bonds is 7. The maximum atomic E-state index is 6.94. The molecule has 1 saturated heterocycles. The lowest BCUT2D eigenvalue weighted by molar-refractivity contribution is 0.0407. The lowest BCUT2D eigenvalue weighted by Crippen LogP contribution is -2.36. The number of aromatic amines is 1. The molecule has 31 heavy (non-hydrogen) atoms. The monoisotopic (exact) mass is 419 g/mol. The second-order valence-corrected chi connectivity index (χ2v) is 7.46. The van der Waals surface area contributed by atoms with Crippen LogP contribution in [0.15, 0.2) is 36.7 Å². The summed E-state index contributed by atoms with van der Waals surface area (Å²) in [4.78, 5) is 13.8. The molecule has 1 aliphatic rings. The van der Waals surface area contributed by atoms with Crippen molar-refractivity contribution in [2.45, 2.75) is 25.4 Å². The molecule has 160 valence electrons. The number of nitrogens with one attached hydrogen (secondary N) is 2. The number of H-pyrrole nitrogens is 1. The van der Waals surface area contributed by atoms with E-state index in [1.807, 2.05) is 12.1 Å². The summed E-state index contributed by atoms with van der Waals surface area (Å²) >= 11 is 0. The molecule has 9 heteroatoms. The molecule has 0 atom stereocenters. The van der Waals surface area contributed by atoms with E-state index in [0.29, 0.717) is 17.7 Å². The highest BCUT2D eigenvalue weighted by Gasteiger charge is 2.19. The average Bonchev–Trinajstić information content (AvgIpc) is 3.28. The number of ether oxygens (including phenoxy) is 2. The van der Waals surface area contributed by atoms with Gasteiger partial charge in [0.25, 0.3) is 5.82 Å². The Balaban J connectivity index is 1.47. The predicted octanol–water partition coefficient (Wildman–Crippen LogP) is 3.78. The molecule has 2 N–H and O–H groups in total. The van der Waals surface area contributed by atoms with Gasteiger partial charge in [-0.2, -0.15) is 5.10 Å². The van der Waals surface area contributed by atoms with Gasteiger partial charge in [0, 0.05) is 37.4 Å². The topological polar surface area (TPSA) is 92.6 Å². The van der Waals surface area contributed by atoms with Crippen molar-refractivity contribution in [3.05, 3.63) is 53.6 Å². The van der Waals surface area contributed by atoms with Gasteiger partial charge in [0.1, 0.15) is 5.75 Å². The Kier molecular flexibility index (Phi) is 6.40. The predicted molar refractivity (Wildman–Crippen MR) is 117 cm³/mol. The minimum absolute atomic E-state index is 0.251. The van der Waals surface area contributed by atoms with Crippen molar-refractivity contribution in [1.82, 2.24) is 25.1 Å². The van der Waals surface area contributed by atoms with Crippen LogP contribution in [0.4, 0.5) is 17.5 Å². The van der Waals surface area contributed by atoms with Gasteiger partial charge in [-0.3, -0.25) is 10.00 Å². The summed E-state index contributed by atoms with van der Waals surface area (Å²) in [5, 5.41) is 10.4. The number of nitrogens with zero attached hydrogens (tertiary/aromatic N) is 5. The largest absolute Gasteiger partial charge is 0.496 e. The molecule has 0 unspecified atom stereocenters. The fraction of sp³-hybridized carbons (Fsp3) is 0.364. The van der Waals surface area contributed by atoms with Gasteiger partial charge in [0.15, 0.2) is 17.8 Å². The molecule has 4 rings (SSSR count). The summed E-state index contributed by atoms with van der Waals surface area (Å²) in [7, 11) is 3.84. The summed E-state index contributed by atoms with van der Waals surface area (Å²) in [6, 6.07) is 8.68. The molecule has 1 fully saturated rings. The molecule has 9 nitrogen and oxygen atoms in total. The number of hydrogen-bond donors (Lipinski definition) is 2. The molecule has 0 spiro atoms. The van der Waals surface area contributed by atoms with Crippen molar-refractivity contribution < 1.29 is 9.47 Å². The Morgan fingerprint density at radius 2 is 2.06 bits per heavy atom. The first kappa shape index (κ1) is 20.8. The zero-order chi connectivity index (χ0) is 21.6. The van der Waals surface area contributed by atoms with E-state index in [1.165, 1.54) is 18.0 Å². The normalized spacial score (nSPS) is 14.4. The Hall–Kier alpha value is -3.48. The first-order chi connectivity index (χ1) is 15.2. The number of anilines is 2. The van der Waals surface area contributed by atoms with Crippen LogP contribution in [-0.2, 0) is 11.3 Å². The van der Waals surface area contributed by atoms with Crippen LogP contribution in [0.3, 0.4) is 0 Å². The molecule has 1 aliphatic heterocycles. The molecule has 0 bridgehead atoms. The standard InChI is InChI=1S/C22H25N7O2/c1-23-21-12-25-22(13-24-21)26-20-11-18(27-28-20)17-5-4-15(10-19(17)30-3)14-29(2)16-6-8-31-9-7-16/h4-5,10-13,16H,6-9,14H2,2-3H3,(H2,25,26,27,28). The van der Waals surface area contributed by atoms with E-state index in [1.54, 1.807) is 7.11 Å². The van der Waals surface area contributed by atoms with Gasteiger partial charge in [-0.1, -0.05) is 12.6 Å². The van der Waals surface area contributed by atoms with Crippen molar-refractivity contribution in [3.63, 3.8) is 0 Å². The molecule has 3 aromatic rings. The second-order valence-electron chi connectivity index (χ2n) is 7.46. The molecular weight excluding hydrogens is 394 g/mol. The first-order valence-corrected chi connectivity index (χ1v) is 10.1. The van der Waals surface area contributed by atoms with Crippen molar-refractivity contribution in [2.24, 2.45) is 0 Å². The van der Waals surface area contributed by atoms with Crippen LogP contribution < -0.4 is 10.1 Å². The van der Waals surface area contributed by atoms with E-state index < -0.39 is 0 Å². The third-order valence-corrected chi connectivity index (χ3v) is 5.39. The molecule has 3 heterocycles. The van der Waals surface area contributed by atoms with E-state index in [-0.39, 0.29) is 5.82 Å². The highest BCUT2D eigenvalue weighted by molar-refractivity contribution is 5.71. The molecule has 2 aromatic heterocycles. The van der Waals surface area contributed by atoms with Crippen LogP contribution in [-0.4, -0.2) is 58.5 Å². The van der Waals surface area contributed by atoms with E-state index in [9.17, 15) is 0 Å². The minimum atomic E-state index is 0.251. The maximum Gasteiger partial charge on any atom is 0.288 e. The molecule has 0 aliphatic carbocycles. The lowest BCUT2D eigenvalue weighted by Gasteiger charge is -2.31. The first-order valence-electron chi connectivity index (χ1n) is 10.1. The van der Waals surface area contributed by atoms with Crippen LogP contribution in [0.1, 0.15) is 18.4 Å². The van der Waals surface area contributed by atoms with Crippen molar-refractivity contribution >= 4 is 17.5 Å². The molecule has 0 saturated carbocycles. The van der Waals surface area contributed by atoms with Crippen LogP contribution in [0.2, 0.25) is 0 Å². The summed E-state index contributed by atoms with van der Waals surface area (Å²) in [5.41, 5.74) is 2.95. The smallest absolute Gasteiger partial charge is 0.288 e. The van der Waals surface area contributed by atoms with Gasteiger partial charge in [-0.25, -0.2) is 4.98 Å². The van der Waals surface area contributed by atoms with E-state index >= 15 is 0 Å². The SMILES string of the molecule is [C-]#[N+]c1cnc(Nc2cc(-c3ccc(CN(C)C4CCOCC4)cc3OC)[nH]n2)cn1. The Bertz CT molecular complexity index is 1050. The van der Waals surface area contributed by atoms with Crippen molar-refractivity contribution in [2.75, 3.05) is 32.7 Å². The Morgan fingerprint density at radius 1 is 1.23 bits per heavy atom. The highest BCUT2D eigenvalue weighted by atomic mass is 16.5. The molecule has 0 radical (unpaired) electrons. The Labute approximate surface area is 181 Å². The van der Waals surface area contributed by atoms with Gasteiger partial charge in [0.05, 0.1) is 19.0 Å². The zero-order valence-corrected chi connectivity index (χ0v) is 17.6. The van der Waals surface area contributed by atoms with Crippen molar-refractivity contribution in [3.8, 4) is 17.0 Å². The fourth-order valence-electron chi connectivity index (χ4n) is 3.70. The van der Waals surface area contributed by atoms with Crippen LogP contribution in [0.25, 0.3) is 16.1 Å². The summed E-state index contributed by atoms with van der Waals surface area (Å²) in [6.07, 6.45) is 5.06. The summed E-state index contributed by atoms with van der Waals surface area (Å²) in [6.45, 7) is 9.47. The van der Waals surface area contributed by atoms with Gasteiger partial charge < -0.3 is 19.6 Å². The summed E-state index contributed by atoms with van der Waals surface area (Å²) in [5.74, 6) is 2.16. The average molecular weight is 419 g/mol. The van der Waals surface area contributed by atoms with Gasteiger partial charge in [-0.05, 0) is 37.6 Å². The van der Waals surface area contributed by atoms with Gasteiger partial charge >= 0.3 is 0 Å². The second kappa shape index (κ2) is 9.55. The molecule has 1 aromatic carbocycles. The fourth-order valence-corrected chi connectivity index (χ4v) is 3.70. The van der Waals surface area contributed by atoms with Crippen LogP contribution in [0.5, 0.6) is 5.75 Å². The van der Waals surface area contributed by atoms with E-state index in [0.717, 1.165) is 49.6 Å². The number of benzene rings is 1. The van der Waals surface area contributed by atoms with Gasteiger partial charge in [-0.15, -0.1) is 4.98 Å². The maximum absolute atomic E-state index is 6.94. The molecule has 0 amide bonds. The third-order valence-electron chi connectivity index (χ3n) is 5.39. The number of aromatic nitrogens is 4. The third kappa shape index (κ3) is 4.99. The van der Waals surface area contributed by atoms with Crippen LogP contribution in [0, 0.1) is 6.57 Å². The number of hydrogen-bond acceptors (Lipinski definition) is 7. The quantitative estimate of drug-likeness (QED) is 0.563. The van der Waals surface area contributed by atoms with E-state index in [2.05, 4.69) is 54.4 Å². The molecular formula is C22H25N7O2. The minimum Gasteiger partial charge on any atom is -0.496 e. The highest BCUT2D eigenvalue weighted by Crippen LogP contribution is 2.32. The Morgan fingerprint density at radius 3 is 2.77 bits per heavy atom. The van der Waals surface area contributed by atoms with E-state index in [4.69, 9.17) is 16.0 Å². The van der Waals surface area contributed by atoms with Crippen molar-refractivity contribution in [1.29, 1.82) is 0 Å². The van der Waals surface area contributed by atoms with Gasteiger partial charge in [0.2, 0.25) is 0 Å². The van der Waals surface area contributed by atoms with Crippen LogP contribution >= 0.6 is 0 Å². The lowest BCUT2D eigenvalue weighted by atomic mass is 10.0. The summed E-state index contributed by atoms with van der Waals surface area (Å²) < 4.78 is 11.1. The zero-order valence-electron chi connectivity index (χ0n) is 17.6. The number of methoxy groups -OCH3 is 1.